The molecule has 1 N–H and O–H groups in total. The first-order valence-corrected chi connectivity index (χ1v) is 6.67. The van der Waals surface area contributed by atoms with Gasteiger partial charge in [0.1, 0.15) is 17.5 Å². The van der Waals surface area contributed by atoms with Gasteiger partial charge in [-0.05, 0) is 13.0 Å². The summed E-state index contributed by atoms with van der Waals surface area (Å²) in [6, 6.07) is 8.33. The molecule has 2 heterocycles. The number of para-hydroxylation sites is 1. The fourth-order valence-electron chi connectivity index (χ4n) is 2.43. The minimum atomic E-state index is 0.215. The van der Waals surface area contributed by atoms with Crippen LogP contribution in [0.3, 0.4) is 0 Å². The maximum absolute atomic E-state index is 6.23. The Morgan fingerprint density at radius 3 is 3.00 bits per heavy atom. The third-order valence-electron chi connectivity index (χ3n) is 3.50. The van der Waals surface area contributed by atoms with Crippen LogP contribution in [-0.4, -0.2) is 16.4 Å². The van der Waals surface area contributed by atoms with Gasteiger partial charge in [0, 0.05) is 24.7 Å². The zero-order chi connectivity index (χ0) is 13.4. The van der Waals surface area contributed by atoms with Crippen molar-refractivity contribution in [3.63, 3.8) is 0 Å². The maximum Gasteiger partial charge on any atom is 0.131 e. The first-order valence-electron chi connectivity index (χ1n) is 6.30. The zero-order valence-electron chi connectivity index (χ0n) is 11.0. The van der Waals surface area contributed by atoms with E-state index in [0.717, 1.165) is 17.0 Å². The molecule has 100 valence electrons. The largest absolute Gasteiger partial charge is 0.491 e. The van der Waals surface area contributed by atoms with Crippen LogP contribution in [0.2, 0.25) is 5.15 Å². The summed E-state index contributed by atoms with van der Waals surface area (Å²) in [6.45, 7) is 3.33. The smallest absolute Gasteiger partial charge is 0.131 e. The average molecular weight is 278 g/mol. The van der Waals surface area contributed by atoms with Crippen LogP contribution < -0.4 is 10.1 Å². The van der Waals surface area contributed by atoms with E-state index in [-0.39, 0.29) is 6.04 Å². The Hall–Kier alpha value is -1.52. The molecule has 0 fully saturated rings. The van der Waals surface area contributed by atoms with Gasteiger partial charge in [-0.15, -0.1) is 0 Å². The van der Waals surface area contributed by atoms with E-state index < -0.39 is 0 Å². The van der Waals surface area contributed by atoms with E-state index in [1.54, 1.807) is 4.68 Å². The van der Waals surface area contributed by atoms with Gasteiger partial charge in [-0.25, -0.2) is 0 Å². The quantitative estimate of drug-likeness (QED) is 0.937. The maximum atomic E-state index is 6.23. The fraction of sp³-hybridized carbons (Fsp3) is 0.357. The van der Waals surface area contributed by atoms with Gasteiger partial charge in [0.05, 0.1) is 11.7 Å². The predicted molar refractivity (Wildman–Crippen MR) is 74.5 cm³/mol. The normalized spacial score (nSPS) is 17.3. The van der Waals surface area contributed by atoms with Gasteiger partial charge in [0.2, 0.25) is 0 Å². The van der Waals surface area contributed by atoms with Gasteiger partial charge in [-0.1, -0.05) is 29.8 Å². The standard InChI is InChI=1S/C14H16ClN3O/c1-9-11(14(15)18(2)17-9)7-16-12-8-19-13-6-4-3-5-10(12)13/h3-6,12,16H,7-8H2,1-2H3. The lowest BCUT2D eigenvalue weighted by molar-refractivity contribution is 0.310. The summed E-state index contributed by atoms with van der Waals surface area (Å²) >= 11 is 6.23. The van der Waals surface area contributed by atoms with Gasteiger partial charge in [-0.3, -0.25) is 4.68 Å². The van der Waals surface area contributed by atoms with Crippen LogP contribution in [0.1, 0.15) is 22.9 Å². The van der Waals surface area contributed by atoms with E-state index in [9.17, 15) is 0 Å². The van der Waals surface area contributed by atoms with Gasteiger partial charge < -0.3 is 10.1 Å². The number of hydrogen-bond donors (Lipinski definition) is 1. The lowest BCUT2D eigenvalue weighted by Crippen LogP contribution is -2.22. The van der Waals surface area contributed by atoms with E-state index >= 15 is 0 Å². The fourth-order valence-corrected chi connectivity index (χ4v) is 2.67. The highest BCUT2D eigenvalue weighted by molar-refractivity contribution is 6.30. The van der Waals surface area contributed by atoms with Crippen LogP contribution in [0, 0.1) is 6.92 Å². The lowest BCUT2D eigenvalue weighted by Gasteiger charge is -2.11. The third kappa shape index (κ3) is 2.22. The Balaban J connectivity index is 1.74. The highest BCUT2D eigenvalue weighted by Crippen LogP contribution is 2.32. The number of fused-ring (bicyclic) bond motifs is 1. The van der Waals surface area contributed by atoms with Crippen molar-refractivity contribution in [2.45, 2.75) is 19.5 Å². The van der Waals surface area contributed by atoms with Crippen molar-refractivity contribution in [1.29, 1.82) is 0 Å². The van der Waals surface area contributed by atoms with Crippen molar-refractivity contribution >= 4 is 11.6 Å². The first-order chi connectivity index (χ1) is 9.16. The number of nitrogens with zero attached hydrogens (tertiary/aromatic N) is 2. The van der Waals surface area contributed by atoms with Crippen molar-refractivity contribution in [3.8, 4) is 5.75 Å². The molecule has 19 heavy (non-hydrogen) atoms. The summed E-state index contributed by atoms with van der Waals surface area (Å²) in [5.74, 6) is 0.967. The molecule has 0 saturated heterocycles. The number of aryl methyl sites for hydroxylation is 2. The lowest BCUT2D eigenvalue weighted by atomic mass is 10.1. The molecular formula is C14H16ClN3O. The molecule has 0 saturated carbocycles. The summed E-state index contributed by atoms with van der Waals surface area (Å²) in [6.07, 6.45) is 0. The number of ether oxygens (including phenoxy) is 1. The number of benzene rings is 1. The number of nitrogens with one attached hydrogen (secondary N) is 1. The molecule has 0 aliphatic carbocycles. The molecule has 3 rings (SSSR count). The molecule has 0 amide bonds. The van der Waals surface area contributed by atoms with Crippen LogP contribution in [-0.2, 0) is 13.6 Å². The summed E-state index contributed by atoms with van der Waals surface area (Å²) in [5.41, 5.74) is 3.22. The number of hydrogen-bond acceptors (Lipinski definition) is 3. The van der Waals surface area contributed by atoms with Gasteiger partial charge >= 0.3 is 0 Å². The number of halogens is 1. The molecule has 1 aromatic heterocycles. The molecule has 5 heteroatoms. The van der Waals surface area contributed by atoms with Gasteiger partial charge in [-0.2, -0.15) is 5.10 Å². The van der Waals surface area contributed by atoms with Crippen LogP contribution in [0.15, 0.2) is 24.3 Å². The van der Waals surface area contributed by atoms with E-state index in [1.165, 1.54) is 5.56 Å². The highest BCUT2D eigenvalue weighted by atomic mass is 35.5. The Kier molecular flexibility index (Phi) is 3.21. The van der Waals surface area contributed by atoms with Crippen molar-refractivity contribution in [2.75, 3.05) is 6.61 Å². The minimum Gasteiger partial charge on any atom is -0.491 e. The molecule has 0 radical (unpaired) electrons. The molecule has 1 aliphatic rings. The van der Waals surface area contributed by atoms with Gasteiger partial charge in [0.25, 0.3) is 0 Å². The summed E-state index contributed by atoms with van der Waals surface area (Å²) < 4.78 is 7.35. The molecule has 1 unspecified atom stereocenters. The molecule has 2 aromatic rings. The zero-order valence-corrected chi connectivity index (χ0v) is 11.7. The Morgan fingerprint density at radius 2 is 2.26 bits per heavy atom. The Bertz CT molecular complexity index is 609. The van der Waals surface area contributed by atoms with E-state index in [2.05, 4.69) is 16.5 Å². The molecular weight excluding hydrogens is 262 g/mol. The second-order valence-electron chi connectivity index (χ2n) is 4.76. The molecule has 0 bridgehead atoms. The van der Waals surface area contributed by atoms with Crippen molar-refractivity contribution in [2.24, 2.45) is 7.05 Å². The summed E-state index contributed by atoms with van der Waals surface area (Å²) in [5, 5.41) is 8.49. The van der Waals surface area contributed by atoms with Gasteiger partial charge in [0.15, 0.2) is 0 Å². The summed E-state index contributed by atoms with van der Waals surface area (Å²) in [4.78, 5) is 0. The monoisotopic (exact) mass is 277 g/mol. The Labute approximate surface area is 117 Å². The summed E-state index contributed by atoms with van der Waals surface area (Å²) in [7, 11) is 1.85. The first kappa shape index (κ1) is 12.5. The van der Waals surface area contributed by atoms with E-state index in [4.69, 9.17) is 16.3 Å². The Morgan fingerprint density at radius 1 is 1.47 bits per heavy atom. The van der Waals surface area contributed by atoms with Crippen LogP contribution in [0.4, 0.5) is 0 Å². The van der Waals surface area contributed by atoms with Crippen LogP contribution in [0.5, 0.6) is 5.75 Å². The van der Waals surface area contributed by atoms with Crippen LogP contribution >= 0.6 is 11.6 Å². The molecule has 1 aromatic carbocycles. The van der Waals surface area contributed by atoms with Crippen molar-refractivity contribution in [3.05, 3.63) is 46.2 Å². The van der Waals surface area contributed by atoms with E-state index in [1.807, 2.05) is 32.2 Å². The SMILES string of the molecule is Cc1nn(C)c(Cl)c1CNC1COc2ccccc21. The molecule has 4 nitrogen and oxygen atoms in total. The van der Waals surface area contributed by atoms with Crippen LogP contribution in [0.25, 0.3) is 0 Å². The third-order valence-corrected chi connectivity index (χ3v) is 3.97. The van der Waals surface area contributed by atoms with Crippen molar-refractivity contribution < 1.29 is 4.74 Å². The minimum absolute atomic E-state index is 0.215. The van der Waals surface area contributed by atoms with Crippen molar-refractivity contribution in [1.82, 2.24) is 15.1 Å². The number of rotatable bonds is 3. The average Bonchev–Trinajstić information content (AvgIpc) is 2.91. The second kappa shape index (κ2) is 4.87. The second-order valence-corrected chi connectivity index (χ2v) is 5.12. The highest BCUT2D eigenvalue weighted by Gasteiger charge is 2.23. The predicted octanol–water partition coefficient (Wildman–Crippen LogP) is 2.61. The number of aromatic nitrogens is 2. The molecule has 1 aliphatic heterocycles. The molecule has 1 atom stereocenters. The topological polar surface area (TPSA) is 39.1 Å². The molecule has 0 spiro atoms. The van der Waals surface area contributed by atoms with E-state index in [0.29, 0.717) is 18.3 Å².